The van der Waals surface area contributed by atoms with Crippen molar-refractivity contribution in [1.82, 2.24) is 0 Å². The van der Waals surface area contributed by atoms with Crippen molar-refractivity contribution in [2.24, 2.45) is 0 Å². The zero-order valence-corrected chi connectivity index (χ0v) is 15.8. The number of benzene rings is 1. The van der Waals surface area contributed by atoms with Crippen molar-refractivity contribution in [2.45, 2.75) is 32.4 Å². The quantitative estimate of drug-likeness (QED) is 0.453. The topological polar surface area (TPSA) is 46.2 Å². The van der Waals surface area contributed by atoms with Crippen LogP contribution in [-0.2, 0) is 13.3 Å². The van der Waals surface area contributed by atoms with Gasteiger partial charge in [0.15, 0.2) is 0 Å². The number of rotatable bonds is 11. The largest absolute Gasteiger partial charge is 0.500 e. The fourth-order valence-electron chi connectivity index (χ4n) is 2.17. The van der Waals surface area contributed by atoms with Crippen molar-refractivity contribution in [1.29, 1.82) is 0 Å². The zero-order chi connectivity index (χ0) is 17.3. The Labute approximate surface area is 140 Å². The molecule has 0 unspecified atom stereocenters. The summed E-state index contributed by atoms with van der Waals surface area (Å²) < 4.78 is 27.7. The normalized spacial score (nSPS) is 11.6. The molecule has 130 valence electrons. The molecule has 0 aliphatic carbocycles. The van der Waals surface area contributed by atoms with Crippen molar-refractivity contribution < 1.29 is 22.8 Å². The standard InChI is InChI=1S/C17H28O5Si/c1-7-15-13-16(9-10-17(15)22-14(2)3)21-11-8-12-23(18-4,19-5)20-6/h7,9-10,13-14H,1,8,11-12H2,2-6H3. The number of hydrogen-bond acceptors (Lipinski definition) is 5. The second-order valence-corrected chi connectivity index (χ2v) is 8.41. The minimum atomic E-state index is -2.52. The molecule has 0 spiro atoms. The molecule has 0 saturated carbocycles. The minimum Gasteiger partial charge on any atom is -0.494 e. The van der Waals surface area contributed by atoms with E-state index in [9.17, 15) is 0 Å². The predicted octanol–water partition coefficient (Wildman–Crippen LogP) is 3.76. The van der Waals surface area contributed by atoms with Gasteiger partial charge in [0.1, 0.15) is 11.5 Å². The van der Waals surface area contributed by atoms with Gasteiger partial charge < -0.3 is 22.8 Å². The third-order valence-electron chi connectivity index (χ3n) is 3.39. The molecule has 1 aromatic rings. The van der Waals surface area contributed by atoms with Crippen molar-refractivity contribution in [2.75, 3.05) is 27.9 Å². The lowest BCUT2D eigenvalue weighted by atomic mass is 10.2. The van der Waals surface area contributed by atoms with Crippen LogP contribution in [0, 0.1) is 0 Å². The number of ether oxygens (including phenoxy) is 2. The molecule has 0 amide bonds. The first-order valence-electron chi connectivity index (χ1n) is 7.71. The SMILES string of the molecule is C=Cc1cc(OCCC[Si](OC)(OC)OC)ccc1OC(C)C. The van der Waals surface area contributed by atoms with Gasteiger partial charge in [0.2, 0.25) is 0 Å². The van der Waals surface area contributed by atoms with E-state index in [2.05, 4.69) is 6.58 Å². The molecule has 0 fully saturated rings. The van der Waals surface area contributed by atoms with E-state index in [0.29, 0.717) is 12.7 Å². The molecule has 0 N–H and O–H groups in total. The van der Waals surface area contributed by atoms with Gasteiger partial charge in [-0.05, 0) is 38.5 Å². The highest BCUT2D eigenvalue weighted by atomic mass is 28.4. The van der Waals surface area contributed by atoms with Crippen LogP contribution >= 0.6 is 0 Å². The van der Waals surface area contributed by atoms with Gasteiger partial charge in [0, 0.05) is 32.9 Å². The van der Waals surface area contributed by atoms with Crippen LogP contribution in [0.1, 0.15) is 25.8 Å². The molecular weight excluding hydrogens is 312 g/mol. The Morgan fingerprint density at radius 3 is 2.30 bits per heavy atom. The van der Waals surface area contributed by atoms with Gasteiger partial charge in [-0.3, -0.25) is 0 Å². The maximum atomic E-state index is 5.79. The van der Waals surface area contributed by atoms with Gasteiger partial charge in [-0.15, -0.1) is 0 Å². The first-order valence-corrected chi connectivity index (χ1v) is 9.64. The van der Waals surface area contributed by atoms with E-state index in [1.54, 1.807) is 27.4 Å². The van der Waals surface area contributed by atoms with Crippen LogP contribution in [0.3, 0.4) is 0 Å². The van der Waals surface area contributed by atoms with Crippen LogP contribution in [0.4, 0.5) is 0 Å². The molecule has 6 heteroatoms. The summed E-state index contributed by atoms with van der Waals surface area (Å²) in [6.07, 6.45) is 2.68. The maximum absolute atomic E-state index is 5.79. The maximum Gasteiger partial charge on any atom is 0.500 e. The lowest BCUT2D eigenvalue weighted by molar-refractivity contribution is 0.121. The average molecular weight is 340 g/mol. The van der Waals surface area contributed by atoms with E-state index < -0.39 is 8.80 Å². The third kappa shape index (κ3) is 5.99. The fourth-order valence-corrected chi connectivity index (χ4v) is 3.86. The summed E-state index contributed by atoms with van der Waals surface area (Å²) in [5, 5.41) is 0. The van der Waals surface area contributed by atoms with Gasteiger partial charge in [-0.2, -0.15) is 0 Å². The van der Waals surface area contributed by atoms with Crippen LogP contribution in [0.25, 0.3) is 6.08 Å². The Hall–Kier alpha value is -1.34. The first-order chi connectivity index (χ1) is 11.0. The molecule has 0 aliphatic rings. The van der Waals surface area contributed by atoms with Gasteiger partial charge in [-0.25, -0.2) is 0 Å². The van der Waals surface area contributed by atoms with Gasteiger partial charge in [0.25, 0.3) is 0 Å². The van der Waals surface area contributed by atoms with E-state index >= 15 is 0 Å². The molecule has 1 rings (SSSR count). The molecule has 1 aromatic carbocycles. The van der Waals surface area contributed by atoms with E-state index in [-0.39, 0.29) is 6.10 Å². The molecule has 0 heterocycles. The van der Waals surface area contributed by atoms with Gasteiger partial charge >= 0.3 is 8.80 Å². The van der Waals surface area contributed by atoms with Gasteiger partial charge in [-0.1, -0.05) is 12.7 Å². The Morgan fingerprint density at radius 2 is 1.78 bits per heavy atom. The molecule has 5 nitrogen and oxygen atoms in total. The van der Waals surface area contributed by atoms with Crippen molar-refractivity contribution >= 4 is 14.9 Å². The van der Waals surface area contributed by atoms with Crippen molar-refractivity contribution in [3.63, 3.8) is 0 Å². The molecular formula is C17H28O5Si. The average Bonchev–Trinajstić information content (AvgIpc) is 2.56. The summed E-state index contributed by atoms with van der Waals surface area (Å²) in [7, 11) is 2.33. The van der Waals surface area contributed by atoms with Crippen LogP contribution < -0.4 is 9.47 Å². The molecule has 23 heavy (non-hydrogen) atoms. The summed E-state index contributed by atoms with van der Waals surface area (Å²) in [6.45, 7) is 8.37. The predicted molar refractivity (Wildman–Crippen MR) is 94.0 cm³/mol. The monoisotopic (exact) mass is 340 g/mol. The van der Waals surface area contributed by atoms with E-state index in [0.717, 1.165) is 23.5 Å². The second-order valence-electron chi connectivity index (χ2n) is 5.32. The van der Waals surface area contributed by atoms with E-state index in [4.69, 9.17) is 22.8 Å². The van der Waals surface area contributed by atoms with Gasteiger partial charge in [0.05, 0.1) is 12.7 Å². The number of hydrogen-bond donors (Lipinski definition) is 0. The Bertz CT molecular complexity index is 478. The summed E-state index contributed by atoms with van der Waals surface area (Å²) in [5.74, 6) is 1.60. The van der Waals surface area contributed by atoms with Crippen LogP contribution in [0.2, 0.25) is 6.04 Å². The lowest BCUT2D eigenvalue weighted by Gasteiger charge is -2.24. The summed E-state index contributed by atoms with van der Waals surface area (Å²) in [5.41, 5.74) is 0.922. The molecule has 0 aliphatic heterocycles. The minimum absolute atomic E-state index is 0.121. The molecule has 0 radical (unpaired) electrons. The highest BCUT2D eigenvalue weighted by Gasteiger charge is 2.36. The second kappa shape index (κ2) is 9.72. The van der Waals surface area contributed by atoms with Crippen LogP contribution in [-0.4, -0.2) is 42.8 Å². The highest BCUT2D eigenvalue weighted by molar-refractivity contribution is 6.60. The lowest BCUT2D eigenvalue weighted by Crippen LogP contribution is -2.42. The Kier molecular flexibility index (Phi) is 8.33. The van der Waals surface area contributed by atoms with Crippen molar-refractivity contribution in [3.05, 3.63) is 30.3 Å². The molecule has 0 atom stereocenters. The zero-order valence-electron chi connectivity index (χ0n) is 14.8. The molecule has 0 bridgehead atoms. The fraction of sp³-hybridized carbons (Fsp3) is 0.529. The van der Waals surface area contributed by atoms with Crippen LogP contribution in [0.5, 0.6) is 11.5 Å². The van der Waals surface area contributed by atoms with E-state index in [1.165, 1.54) is 0 Å². The molecule has 0 aromatic heterocycles. The van der Waals surface area contributed by atoms with Crippen molar-refractivity contribution in [3.8, 4) is 11.5 Å². The summed E-state index contributed by atoms with van der Waals surface area (Å²) in [6, 6.07) is 6.45. The Morgan fingerprint density at radius 1 is 1.13 bits per heavy atom. The van der Waals surface area contributed by atoms with Crippen LogP contribution in [0.15, 0.2) is 24.8 Å². The highest BCUT2D eigenvalue weighted by Crippen LogP contribution is 2.26. The Balaban J connectivity index is 2.57. The summed E-state index contributed by atoms with van der Waals surface area (Å²) in [4.78, 5) is 0. The molecule has 0 saturated heterocycles. The summed E-state index contributed by atoms with van der Waals surface area (Å²) >= 11 is 0. The smallest absolute Gasteiger partial charge is 0.494 e. The third-order valence-corrected chi connectivity index (χ3v) is 6.22. The first kappa shape index (κ1) is 19.7. The van der Waals surface area contributed by atoms with E-state index in [1.807, 2.05) is 32.0 Å².